The van der Waals surface area contributed by atoms with Crippen molar-refractivity contribution in [3.63, 3.8) is 0 Å². The van der Waals surface area contributed by atoms with Gasteiger partial charge in [0.05, 0.1) is 6.54 Å². The molecular weight excluding hydrogens is 260 g/mol. The number of ether oxygens (including phenoxy) is 2. The zero-order chi connectivity index (χ0) is 14.5. The molecule has 0 N–H and O–H groups in total. The second-order valence-electron chi connectivity index (χ2n) is 4.41. The summed E-state index contributed by atoms with van der Waals surface area (Å²) in [5, 5.41) is 0. The second-order valence-corrected chi connectivity index (χ2v) is 4.41. The third-order valence-corrected chi connectivity index (χ3v) is 2.70. The Balaban J connectivity index is 1.98. The number of carbonyl (C=O) groups is 2. The van der Waals surface area contributed by atoms with Gasteiger partial charge >= 0.3 is 6.02 Å². The molecule has 0 spiro atoms. The Bertz CT molecular complexity index is 527. The van der Waals surface area contributed by atoms with Crippen LogP contribution in [0.5, 0.6) is 5.75 Å². The number of aliphatic imine (C=N–C) groups is 1. The van der Waals surface area contributed by atoms with E-state index in [1.54, 1.807) is 0 Å². The van der Waals surface area contributed by atoms with Gasteiger partial charge in [0.15, 0.2) is 6.10 Å². The molecule has 1 aliphatic rings. The summed E-state index contributed by atoms with van der Waals surface area (Å²) < 4.78 is 11.0. The number of amides is 2. The minimum absolute atomic E-state index is 0.0478. The van der Waals surface area contributed by atoms with Gasteiger partial charge in [0.2, 0.25) is 11.8 Å². The van der Waals surface area contributed by atoms with Crippen LogP contribution in [0, 0.1) is 0 Å². The predicted octanol–water partition coefficient (Wildman–Crippen LogP) is 1.22. The Morgan fingerprint density at radius 2 is 2.05 bits per heavy atom. The first-order valence-electron chi connectivity index (χ1n) is 6.28. The SMILES string of the molecule is CC(=O)N=C1OC(COc2ccccc2)CN1C(C)=O. The van der Waals surface area contributed by atoms with E-state index < -0.39 is 5.91 Å². The molecule has 1 heterocycles. The maximum absolute atomic E-state index is 11.5. The fourth-order valence-corrected chi connectivity index (χ4v) is 1.81. The second kappa shape index (κ2) is 6.18. The zero-order valence-electron chi connectivity index (χ0n) is 11.4. The van der Waals surface area contributed by atoms with Gasteiger partial charge < -0.3 is 9.47 Å². The molecule has 1 aromatic rings. The van der Waals surface area contributed by atoms with Gasteiger partial charge in [-0.1, -0.05) is 18.2 Å². The van der Waals surface area contributed by atoms with Gasteiger partial charge in [-0.25, -0.2) is 0 Å². The number of para-hydroxylation sites is 1. The third-order valence-electron chi connectivity index (χ3n) is 2.70. The van der Waals surface area contributed by atoms with E-state index in [0.29, 0.717) is 6.54 Å². The van der Waals surface area contributed by atoms with Crippen LogP contribution in [0.15, 0.2) is 35.3 Å². The zero-order valence-corrected chi connectivity index (χ0v) is 11.4. The monoisotopic (exact) mass is 276 g/mol. The van der Waals surface area contributed by atoms with Crippen molar-refractivity contribution in [3.8, 4) is 5.75 Å². The third kappa shape index (κ3) is 3.57. The highest BCUT2D eigenvalue weighted by molar-refractivity contribution is 5.99. The topological polar surface area (TPSA) is 68.2 Å². The van der Waals surface area contributed by atoms with Crippen molar-refractivity contribution in [1.29, 1.82) is 0 Å². The molecule has 1 saturated heterocycles. The maximum Gasteiger partial charge on any atom is 0.302 e. The molecule has 106 valence electrons. The molecule has 0 aliphatic carbocycles. The summed E-state index contributed by atoms with van der Waals surface area (Å²) in [6.45, 7) is 3.32. The van der Waals surface area contributed by atoms with Crippen LogP contribution >= 0.6 is 0 Å². The molecule has 6 heteroatoms. The van der Waals surface area contributed by atoms with Crippen LogP contribution in [0.4, 0.5) is 0 Å². The summed E-state index contributed by atoms with van der Waals surface area (Å²) in [5.74, 6) is 0.102. The molecular formula is C14H16N2O4. The molecule has 1 fully saturated rings. The molecule has 1 atom stereocenters. The molecule has 0 aromatic heterocycles. The minimum atomic E-state index is -0.407. The number of rotatable bonds is 3. The van der Waals surface area contributed by atoms with Crippen LogP contribution in [0.3, 0.4) is 0 Å². The molecule has 6 nitrogen and oxygen atoms in total. The highest BCUT2D eigenvalue weighted by Crippen LogP contribution is 2.15. The molecule has 1 unspecified atom stereocenters. The normalized spacial score (nSPS) is 19.8. The molecule has 1 aliphatic heterocycles. The van der Waals surface area contributed by atoms with E-state index in [9.17, 15) is 9.59 Å². The molecule has 20 heavy (non-hydrogen) atoms. The van der Waals surface area contributed by atoms with Crippen LogP contribution in [0.25, 0.3) is 0 Å². The van der Waals surface area contributed by atoms with Crippen molar-refractivity contribution < 1.29 is 19.1 Å². The van der Waals surface area contributed by atoms with Crippen molar-refractivity contribution in [2.24, 2.45) is 4.99 Å². The lowest BCUT2D eigenvalue weighted by Crippen LogP contribution is -2.32. The minimum Gasteiger partial charge on any atom is -0.490 e. The Hall–Kier alpha value is -2.37. The lowest BCUT2D eigenvalue weighted by Gasteiger charge is -2.10. The first-order valence-corrected chi connectivity index (χ1v) is 6.28. The Morgan fingerprint density at radius 1 is 1.35 bits per heavy atom. The summed E-state index contributed by atoms with van der Waals surface area (Å²) in [6.07, 6.45) is -0.336. The number of benzene rings is 1. The van der Waals surface area contributed by atoms with Gasteiger partial charge in [-0.05, 0) is 12.1 Å². The van der Waals surface area contributed by atoms with Gasteiger partial charge in [0.1, 0.15) is 12.4 Å². The molecule has 2 rings (SSSR count). The van der Waals surface area contributed by atoms with E-state index in [-0.39, 0.29) is 24.6 Å². The fraction of sp³-hybridized carbons (Fsp3) is 0.357. The van der Waals surface area contributed by atoms with Crippen LogP contribution in [0.2, 0.25) is 0 Å². The Kier molecular flexibility index (Phi) is 4.34. The summed E-state index contributed by atoms with van der Waals surface area (Å²) in [7, 11) is 0. The van der Waals surface area contributed by atoms with Gasteiger partial charge in [-0.2, -0.15) is 4.99 Å². The van der Waals surface area contributed by atoms with Crippen LogP contribution in [-0.2, 0) is 14.3 Å². The van der Waals surface area contributed by atoms with Crippen molar-refractivity contribution in [2.45, 2.75) is 20.0 Å². The number of carbonyl (C=O) groups excluding carboxylic acids is 2. The lowest BCUT2D eigenvalue weighted by molar-refractivity contribution is -0.124. The van der Waals surface area contributed by atoms with Crippen molar-refractivity contribution in [2.75, 3.05) is 13.2 Å². The molecule has 0 radical (unpaired) electrons. The van der Waals surface area contributed by atoms with Gasteiger partial charge in [-0.15, -0.1) is 0 Å². The number of hydrogen-bond donors (Lipinski definition) is 0. The molecule has 0 bridgehead atoms. The van der Waals surface area contributed by atoms with Gasteiger partial charge in [0.25, 0.3) is 0 Å². The van der Waals surface area contributed by atoms with E-state index in [2.05, 4.69) is 4.99 Å². The Labute approximate surface area is 117 Å². The predicted molar refractivity (Wildman–Crippen MR) is 72.3 cm³/mol. The van der Waals surface area contributed by atoms with E-state index in [0.717, 1.165) is 5.75 Å². The van der Waals surface area contributed by atoms with Crippen LogP contribution in [0.1, 0.15) is 13.8 Å². The fourth-order valence-electron chi connectivity index (χ4n) is 1.81. The van der Waals surface area contributed by atoms with Gasteiger partial charge in [-0.3, -0.25) is 14.5 Å². The van der Waals surface area contributed by atoms with E-state index in [1.165, 1.54) is 18.7 Å². The summed E-state index contributed by atoms with van der Waals surface area (Å²) >= 11 is 0. The van der Waals surface area contributed by atoms with Crippen LogP contribution in [-0.4, -0.2) is 42.0 Å². The van der Waals surface area contributed by atoms with Crippen LogP contribution < -0.4 is 4.74 Å². The smallest absolute Gasteiger partial charge is 0.302 e. The van der Waals surface area contributed by atoms with E-state index in [4.69, 9.17) is 9.47 Å². The summed E-state index contributed by atoms with van der Waals surface area (Å²) in [4.78, 5) is 27.5. The maximum atomic E-state index is 11.5. The standard InChI is InChI=1S/C14H16N2O4/c1-10(17)15-14-16(11(2)18)8-13(20-14)9-19-12-6-4-3-5-7-12/h3-7,13H,8-9H2,1-2H3. The molecule has 2 amide bonds. The Morgan fingerprint density at radius 3 is 2.65 bits per heavy atom. The summed E-state index contributed by atoms with van der Waals surface area (Å²) in [6, 6.07) is 9.36. The molecule has 1 aromatic carbocycles. The number of hydrogen-bond acceptors (Lipinski definition) is 4. The highest BCUT2D eigenvalue weighted by Gasteiger charge is 2.33. The molecule has 0 saturated carbocycles. The average Bonchev–Trinajstić information content (AvgIpc) is 2.80. The lowest BCUT2D eigenvalue weighted by atomic mass is 10.3. The average molecular weight is 276 g/mol. The number of amidine groups is 1. The first kappa shape index (κ1) is 14.0. The number of nitrogens with zero attached hydrogens (tertiary/aromatic N) is 2. The van der Waals surface area contributed by atoms with E-state index in [1.807, 2.05) is 30.3 Å². The van der Waals surface area contributed by atoms with Gasteiger partial charge in [0, 0.05) is 13.8 Å². The van der Waals surface area contributed by atoms with Crippen molar-refractivity contribution in [1.82, 2.24) is 4.90 Å². The quantitative estimate of drug-likeness (QED) is 0.832. The summed E-state index contributed by atoms with van der Waals surface area (Å²) in [5.41, 5.74) is 0. The largest absolute Gasteiger partial charge is 0.490 e. The van der Waals surface area contributed by atoms with E-state index >= 15 is 0 Å². The first-order chi connectivity index (χ1) is 9.56. The van der Waals surface area contributed by atoms with Crippen molar-refractivity contribution in [3.05, 3.63) is 30.3 Å². The highest BCUT2D eigenvalue weighted by atomic mass is 16.6. The van der Waals surface area contributed by atoms with Crippen molar-refractivity contribution >= 4 is 17.8 Å².